The van der Waals surface area contributed by atoms with Gasteiger partial charge in [0, 0.05) is 48.3 Å². The van der Waals surface area contributed by atoms with Crippen LogP contribution in [0.25, 0.3) is 22.2 Å². The average Bonchev–Trinajstić information content (AvgIpc) is 3.14. The molecule has 0 fully saturated rings. The Labute approximate surface area is 166 Å². The maximum atomic E-state index is 13.9. The summed E-state index contributed by atoms with van der Waals surface area (Å²) >= 11 is 0. The number of hydrogen-bond donors (Lipinski definition) is 2. The summed E-state index contributed by atoms with van der Waals surface area (Å²) in [7, 11) is 1.49. The van der Waals surface area contributed by atoms with Crippen molar-refractivity contribution in [1.82, 2.24) is 20.3 Å². The number of fused-ring (bicyclic) bond motifs is 1. The molecular formula is C22H19FN4O2. The van der Waals surface area contributed by atoms with Gasteiger partial charge in [0.1, 0.15) is 17.2 Å². The van der Waals surface area contributed by atoms with Gasteiger partial charge >= 0.3 is 0 Å². The number of nitrogens with one attached hydrogen (secondary N) is 2. The van der Waals surface area contributed by atoms with Crippen molar-refractivity contribution in [3.63, 3.8) is 0 Å². The average molecular weight is 390 g/mol. The monoisotopic (exact) mass is 390 g/mol. The normalized spacial score (nSPS) is 10.8. The van der Waals surface area contributed by atoms with Crippen LogP contribution in [0.15, 0.2) is 61.2 Å². The van der Waals surface area contributed by atoms with Crippen LogP contribution in [-0.2, 0) is 17.8 Å². The molecule has 0 saturated heterocycles. The molecule has 3 aromatic heterocycles. The van der Waals surface area contributed by atoms with Crippen LogP contribution in [0, 0.1) is 5.82 Å². The van der Waals surface area contributed by atoms with Gasteiger partial charge in [0.25, 0.3) is 0 Å². The first-order valence-electron chi connectivity index (χ1n) is 9.09. The van der Waals surface area contributed by atoms with Crippen molar-refractivity contribution in [1.29, 1.82) is 0 Å². The summed E-state index contributed by atoms with van der Waals surface area (Å²) in [5, 5.41) is 3.71. The topological polar surface area (TPSA) is 79.9 Å². The molecule has 7 heteroatoms. The number of rotatable bonds is 6. The Bertz CT molecular complexity index is 1160. The van der Waals surface area contributed by atoms with E-state index in [1.165, 1.54) is 19.2 Å². The zero-order valence-corrected chi connectivity index (χ0v) is 15.8. The number of carbonyl (C=O) groups is 1. The van der Waals surface area contributed by atoms with Gasteiger partial charge in [-0.2, -0.15) is 0 Å². The van der Waals surface area contributed by atoms with E-state index in [9.17, 15) is 9.18 Å². The third kappa shape index (κ3) is 4.24. The van der Waals surface area contributed by atoms with Gasteiger partial charge in [-0.1, -0.05) is 6.07 Å². The number of ether oxygens (including phenoxy) is 1. The zero-order valence-electron chi connectivity index (χ0n) is 15.8. The maximum absolute atomic E-state index is 13.9. The van der Waals surface area contributed by atoms with Gasteiger partial charge in [0.05, 0.1) is 13.5 Å². The standard InChI is InChI=1S/C22H19FN4O2/c1-29-19-6-15(5-18(23)9-19)16-7-20-17(13-27-22(20)26-12-16)8-21(28)25-11-14-3-2-4-24-10-14/h2-7,9-10,12-13H,8,11H2,1H3,(H,25,28)(H,26,27). The molecule has 0 aliphatic carbocycles. The van der Waals surface area contributed by atoms with Crippen LogP contribution >= 0.6 is 0 Å². The minimum atomic E-state index is -0.386. The Balaban J connectivity index is 1.56. The van der Waals surface area contributed by atoms with Gasteiger partial charge in [-0.3, -0.25) is 9.78 Å². The molecule has 4 aromatic rings. The molecule has 29 heavy (non-hydrogen) atoms. The summed E-state index contributed by atoms with van der Waals surface area (Å²) < 4.78 is 19.0. The SMILES string of the molecule is COc1cc(F)cc(-c2cnc3[nH]cc(CC(=O)NCc4cccnc4)c3c2)c1. The lowest BCUT2D eigenvalue weighted by Crippen LogP contribution is -2.24. The number of amides is 1. The highest BCUT2D eigenvalue weighted by Crippen LogP contribution is 2.28. The molecule has 0 saturated carbocycles. The molecule has 0 spiro atoms. The first-order chi connectivity index (χ1) is 14.1. The van der Waals surface area contributed by atoms with Crippen molar-refractivity contribution in [2.24, 2.45) is 0 Å². The van der Waals surface area contributed by atoms with Crippen molar-refractivity contribution < 1.29 is 13.9 Å². The summed E-state index contributed by atoms with van der Waals surface area (Å²) in [6.45, 7) is 0.418. The molecule has 3 heterocycles. The van der Waals surface area contributed by atoms with E-state index < -0.39 is 0 Å². The summed E-state index contributed by atoms with van der Waals surface area (Å²) in [6, 6.07) is 10.1. The number of hydrogen-bond acceptors (Lipinski definition) is 4. The second kappa shape index (κ2) is 8.10. The van der Waals surface area contributed by atoms with E-state index >= 15 is 0 Å². The molecule has 0 aliphatic rings. The number of aromatic amines is 1. The highest BCUT2D eigenvalue weighted by Gasteiger charge is 2.12. The first-order valence-corrected chi connectivity index (χ1v) is 9.09. The highest BCUT2D eigenvalue weighted by atomic mass is 19.1. The number of pyridine rings is 2. The second-order valence-corrected chi connectivity index (χ2v) is 6.63. The van der Waals surface area contributed by atoms with Crippen LogP contribution in [0.5, 0.6) is 5.75 Å². The summed E-state index contributed by atoms with van der Waals surface area (Å²) in [6.07, 6.45) is 7.06. The number of benzene rings is 1. The molecule has 1 aromatic carbocycles. The smallest absolute Gasteiger partial charge is 0.224 e. The zero-order chi connectivity index (χ0) is 20.2. The van der Waals surface area contributed by atoms with E-state index in [1.54, 1.807) is 30.9 Å². The van der Waals surface area contributed by atoms with Gasteiger partial charge in [-0.25, -0.2) is 9.37 Å². The Hall–Kier alpha value is -3.74. The number of nitrogens with zero attached hydrogens (tertiary/aromatic N) is 2. The fourth-order valence-electron chi connectivity index (χ4n) is 3.15. The van der Waals surface area contributed by atoms with Gasteiger partial charge in [0.2, 0.25) is 5.91 Å². The van der Waals surface area contributed by atoms with Crippen LogP contribution in [0.2, 0.25) is 0 Å². The van der Waals surface area contributed by atoms with Crippen LogP contribution in [0.3, 0.4) is 0 Å². The summed E-state index contributed by atoms with van der Waals surface area (Å²) in [4.78, 5) is 23.9. The third-order valence-corrected chi connectivity index (χ3v) is 4.62. The van der Waals surface area contributed by atoms with E-state index in [0.29, 0.717) is 23.5 Å². The van der Waals surface area contributed by atoms with E-state index in [-0.39, 0.29) is 18.1 Å². The fraction of sp³-hybridized carbons (Fsp3) is 0.136. The van der Waals surface area contributed by atoms with Crippen LogP contribution in [-0.4, -0.2) is 28.0 Å². The lowest BCUT2D eigenvalue weighted by atomic mass is 10.0. The minimum Gasteiger partial charge on any atom is -0.497 e. The molecule has 0 aliphatic heterocycles. The van der Waals surface area contributed by atoms with Gasteiger partial charge < -0.3 is 15.0 Å². The highest BCUT2D eigenvalue weighted by molar-refractivity contribution is 5.89. The number of aromatic nitrogens is 3. The third-order valence-electron chi connectivity index (χ3n) is 4.62. The van der Waals surface area contributed by atoms with Crippen LogP contribution in [0.1, 0.15) is 11.1 Å². The quantitative estimate of drug-likeness (QED) is 0.527. The first kappa shape index (κ1) is 18.6. The molecule has 1 amide bonds. The molecule has 2 N–H and O–H groups in total. The van der Waals surface area contributed by atoms with E-state index in [1.807, 2.05) is 18.2 Å². The minimum absolute atomic E-state index is 0.104. The summed E-state index contributed by atoms with van der Waals surface area (Å²) in [5.41, 5.74) is 3.83. The van der Waals surface area contributed by atoms with Gasteiger partial charge in [-0.05, 0) is 41.0 Å². The van der Waals surface area contributed by atoms with E-state index in [2.05, 4.69) is 20.3 Å². The van der Waals surface area contributed by atoms with Crippen molar-refractivity contribution in [2.45, 2.75) is 13.0 Å². The van der Waals surface area contributed by atoms with Crippen molar-refractivity contribution in [3.05, 3.63) is 78.1 Å². The molecule has 0 radical (unpaired) electrons. The lowest BCUT2D eigenvalue weighted by Gasteiger charge is -2.07. The van der Waals surface area contributed by atoms with E-state index in [4.69, 9.17) is 4.74 Å². The van der Waals surface area contributed by atoms with Crippen LogP contribution < -0.4 is 10.1 Å². The largest absolute Gasteiger partial charge is 0.497 e. The predicted octanol–water partition coefficient (Wildman–Crippen LogP) is 3.63. The van der Waals surface area contributed by atoms with Crippen molar-refractivity contribution >= 4 is 16.9 Å². The Morgan fingerprint density at radius 2 is 2.10 bits per heavy atom. The maximum Gasteiger partial charge on any atom is 0.224 e. The van der Waals surface area contributed by atoms with Gasteiger partial charge in [0.15, 0.2) is 0 Å². The summed E-state index contributed by atoms with van der Waals surface area (Å²) in [5.74, 6) is -0.0553. The lowest BCUT2D eigenvalue weighted by molar-refractivity contribution is -0.120. The fourth-order valence-corrected chi connectivity index (χ4v) is 3.15. The molecule has 0 atom stereocenters. The predicted molar refractivity (Wildman–Crippen MR) is 108 cm³/mol. The molecule has 146 valence electrons. The molecule has 0 bridgehead atoms. The second-order valence-electron chi connectivity index (χ2n) is 6.63. The van der Waals surface area contributed by atoms with Crippen LogP contribution in [0.4, 0.5) is 4.39 Å². The molecule has 4 rings (SSSR count). The number of H-pyrrole nitrogens is 1. The number of halogens is 1. The molecule has 0 unspecified atom stereocenters. The number of methoxy groups -OCH3 is 1. The molecular weight excluding hydrogens is 371 g/mol. The van der Waals surface area contributed by atoms with Crippen molar-refractivity contribution in [3.8, 4) is 16.9 Å². The molecule has 6 nitrogen and oxygen atoms in total. The van der Waals surface area contributed by atoms with Gasteiger partial charge in [-0.15, -0.1) is 0 Å². The van der Waals surface area contributed by atoms with Crippen molar-refractivity contribution in [2.75, 3.05) is 7.11 Å². The Kier molecular flexibility index (Phi) is 5.20. The Morgan fingerprint density at radius 1 is 1.21 bits per heavy atom. The van der Waals surface area contributed by atoms with E-state index in [0.717, 1.165) is 22.1 Å². The number of carbonyl (C=O) groups excluding carboxylic acids is 1. The Morgan fingerprint density at radius 3 is 2.90 bits per heavy atom.